The molecule has 4 aromatic rings. The molecule has 3 aromatic heterocycles. The molecule has 7 rings (SSSR count). The first-order valence-electron chi connectivity index (χ1n) is 14.6. The first-order chi connectivity index (χ1) is 20.1. The Morgan fingerprint density at radius 1 is 1.10 bits per heavy atom. The Hall–Kier alpha value is -2.60. The van der Waals surface area contributed by atoms with Crippen molar-refractivity contribution in [2.24, 2.45) is 5.92 Å². The predicted octanol–water partition coefficient (Wildman–Crippen LogP) is 5.95. The fourth-order valence-corrected chi connectivity index (χ4v) is 7.46. The van der Waals surface area contributed by atoms with Gasteiger partial charge in [0.1, 0.15) is 17.7 Å². The molecule has 1 aromatic carbocycles. The summed E-state index contributed by atoms with van der Waals surface area (Å²) < 4.78 is 38.3. The molecule has 0 N–H and O–H groups in total. The van der Waals surface area contributed by atoms with E-state index in [0.717, 1.165) is 47.8 Å². The van der Waals surface area contributed by atoms with Crippen molar-refractivity contribution < 1.29 is 13.5 Å². The average Bonchev–Trinajstić information content (AvgIpc) is 3.68. The van der Waals surface area contributed by atoms with Crippen LogP contribution < -0.4 is 4.90 Å². The van der Waals surface area contributed by atoms with Crippen molar-refractivity contribution in [1.82, 2.24) is 34.0 Å². The second-order valence-corrected chi connectivity index (χ2v) is 13.0. The highest BCUT2D eigenvalue weighted by Gasteiger charge is 2.51. The molecule has 13 heteroatoms. The predicted molar refractivity (Wildman–Crippen MR) is 158 cm³/mol. The number of piperazine rings is 1. The van der Waals surface area contributed by atoms with Gasteiger partial charge in [-0.3, -0.25) is 4.90 Å². The molecular formula is C29H34Cl2F2N8O. The number of hydrogen-bond acceptors (Lipinski definition) is 7. The van der Waals surface area contributed by atoms with Gasteiger partial charge in [-0.1, -0.05) is 29.3 Å². The lowest BCUT2D eigenvalue weighted by molar-refractivity contribution is -0.137. The van der Waals surface area contributed by atoms with Gasteiger partial charge in [0.15, 0.2) is 11.5 Å². The minimum atomic E-state index is -2.63. The minimum Gasteiger partial charge on any atom is -0.376 e. The molecule has 0 bridgehead atoms. The second-order valence-electron chi connectivity index (χ2n) is 12.2. The number of ether oxygens (including phenoxy) is 1. The number of rotatable bonds is 6. The Labute approximate surface area is 252 Å². The van der Waals surface area contributed by atoms with Crippen molar-refractivity contribution in [3.63, 3.8) is 0 Å². The summed E-state index contributed by atoms with van der Waals surface area (Å²) >= 11 is 12.6. The summed E-state index contributed by atoms with van der Waals surface area (Å²) in [5.74, 6) is -0.640. The van der Waals surface area contributed by atoms with E-state index in [4.69, 9.17) is 37.9 Å². The van der Waals surface area contributed by atoms with E-state index in [1.54, 1.807) is 12.4 Å². The molecule has 0 amide bonds. The average molecular weight is 620 g/mol. The van der Waals surface area contributed by atoms with Crippen LogP contribution in [-0.2, 0) is 11.3 Å². The van der Waals surface area contributed by atoms with Crippen LogP contribution in [0.25, 0.3) is 16.9 Å². The number of aryl methyl sites for hydroxylation is 1. The summed E-state index contributed by atoms with van der Waals surface area (Å²) in [5.41, 5.74) is 2.62. The number of halogens is 4. The van der Waals surface area contributed by atoms with Crippen LogP contribution in [0.5, 0.6) is 0 Å². The topological polar surface area (TPSA) is 76.6 Å². The van der Waals surface area contributed by atoms with Gasteiger partial charge < -0.3 is 14.2 Å². The van der Waals surface area contributed by atoms with Crippen molar-refractivity contribution in [3.05, 3.63) is 46.0 Å². The van der Waals surface area contributed by atoms with Crippen LogP contribution in [0.15, 0.2) is 24.5 Å². The number of nitrogens with zero attached hydrogens (tertiary/aromatic N) is 8. The van der Waals surface area contributed by atoms with Crippen LogP contribution in [0.2, 0.25) is 10.0 Å². The smallest absolute Gasteiger partial charge is 0.258 e. The fourth-order valence-electron chi connectivity index (χ4n) is 7.16. The molecule has 9 nitrogen and oxygen atoms in total. The van der Waals surface area contributed by atoms with Crippen LogP contribution >= 0.6 is 23.2 Å². The first-order valence-corrected chi connectivity index (χ1v) is 15.4. The quantitative estimate of drug-likeness (QED) is 0.264. The monoisotopic (exact) mass is 618 g/mol. The summed E-state index contributed by atoms with van der Waals surface area (Å²) in [5, 5.41) is 9.35. The Bertz CT molecular complexity index is 1630. The molecule has 1 aliphatic carbocycles. The largest absolute Gasteiger partial charge is 0.376 e. The number of aromatic nitrogens is 6. The van der Waals surface area contributed by atoms with Gasteiger partial charge in [-0.15, -0.1) is 10.2 Å². The fraction of sp³-hybridized carbons (Fsp3) is 0.586. The van der Waals surface area contributed by atoms with E-state index in [2.05, 4.69) is 38.4 Å². The van der Waals surface area contributed by atoms with Crippen molar-refractivity contribution in [1.29, 1.82) is 0 Å². The van der Waals surface area contributed by atoms with E-state index in [9.17, 15) is 8.78 Å². The highest BCUT2D eigenvalue weighted by molar-refractivity contribution is 6.42. The zero-order valence-corrected chi connectivity index (χ0v) is 25.4. The summed E-state index contributed by atoms with van der Waals surface area (Å²) in [6.07, 6.45) is 3.64. The van der Waals surface area contributed by atoms with E-state index in [0.29, 0.717) is 35.5 Å². The number of fused-ring (bicyclic) bond motifs is 3. The first kappa shape index (κ1) is 28.2. The molecular weight excluding hydrogens is 585 g/mol. The van der Waals surface area contributed by atoms with E-state index in [1.807, 2.05) is 23.5 Å². The molecule has 5 heterocycles. The molecule has 2 saturated heterocycles. The van der Waals surface area contributed by atoms with Crippen molar-refractivity contribution in [2.75, 3.05) is 24.6 Å². The third-order valence-electron chi connectivity index (χ3n) is 9.23. The Kier molecular flexibility index (Phi) is 7.07. The van der Waals surface area contributed by atoms with Gasteiger partial charge in [0.25, 0.3) is 5.78 Å². The highest BCUT2D eigenvalue weighted by Crippen LogP contribution is 2.51. The number of alkyl halides is 2. The van der Waals surface area contributed by atoms with Gasteiger partial charge in [-0.25, -0.2) is 18.2 Å². The van der Waals surface area contributed by atoms with Crippen molar-refractivity contribution in [2.45, 2.75) is 83.2 Å². The lowest BCUT2D eigenvalue weighted by Gasteiger charge is -2.52. The normalized spacial score (nSPS) is 25.9. The van der Waals surface area contributed by atoms with Gasteiger partial charge in [-0.05, 0) is 57.2 Å². The molecule has 2 aliphatic heterocycles. The number of benzene rings is 1. The van der Waals surface area contributed by atoms with Crippen molar-refractivity contribution in [3.8, 4) is 0 Å². The molecule has 4 atom stereocenters. The Morgan fingerprint density at radius 3 is 2.62 bits per heavy atom. The summed E-state index contributed by atoms with van der Waals surface area (Å²) in [6.45, 7) is 9.10. The van der Waals surface area contributed by atoms with Crippen LogP contribution in [0.1, 0.15) is 57.0 Å². The van der Waals surface area contributed by atoms with Crippen LogP contribution in [0.4, 0.5) is 14.6 Å². The van der Waals surface area contributed by atoms with Gasteiger partial charge in [-0.2, -0.15) is 4.98 Å². The van der Waals surface area contributed by atoms with Gasteiger partial charge in [0.2, 0.25) is 5.92 Å². The lowest BCUT2D eigenvalue weighted by Crippen LogP contribution is -2.59. The maximum Gasteiger partial charge on any atom is 0.258 e. The van der Waals surface area contributed by atoms with E-state index in [1.165, 1.54) is 0 Å². The van der Waals surface area contributed by atoms with Gasteiger partial charge in [0, 0.05) is 50.7 Å². The third kappa shape index (κ3) is 4.82. The molecule has 3 fully saturated rings. The third-order valence-corrected chi connectivity index (χ3v) is 9.97. The molecule has 1 saturated carbocycles. The molecule has 42 heavy (non-hydrogen) atoms. The minimum absolute atomic E-state index is 0.0248. The second kappa shape index (κ2) is 10.5. The highest BCUT2D eigenvalue weighted by atomic mass is 35.5. The van der Waals surface area contributed by atoms with Crippen molar-refractivity contribution >= 4 is 46.0 Å². The van der Waals surface area contributed by atoms with E-state index in [-0.39, 0.29) is 43.0 Å². The molecule has 0 radical (unpaired) electrons. The van der Waals surface area contributed by atoms with Crippen LogP contribution in [-0.4, -0.2) is 77.8 Å². The molecule has 0 spiro atoms. The van der Waals surface area contributed by atoms with Crippen LogP contribution in [0, 0.1) is 12.8 Å². The standard InChI is InChI=1S/C29H34Cl2F2N8O/c1-16-13-39(17(2)12-38(16)25(20-10-29(32,33)11-20)19-6-7-22(30)23(31)9-19)26-24-27(41-15-34-37-28(41)36-26)40(18(3)35-24)14-21-5-4-8-42-21/h6-7,9,15-17,20-21,25H,4-5,8,10-14H2,1-3H3/t16-,17+,21+,25-/m1/s1. The lowest BCUT2D eigenvalue weighted by atomic mass is 9.73. The molecule has 224 valence electrons. The van der Waals surface area contributed by atoms with E-state index >= 15 is 0 Å². The van der Waals surface area contributed by atoms with Gasteiger partial charge >= 0.3 is 0 Å². The Morgan fingerprint density at radius 2 is 1.90 bits per heavy atom. The molecule has 0 unspecified atom stereocenters. The van der Waals surface area contributed by atoms with E-state index < -0.39 is 5.92 Å². The van der Waals surface area contributed by atoms with Gasteiger partial charge in [0.05, 0.1) is 22.7 Å². The number of hydrogen-bond donors (Lipinski definition) is 0. The summed E-state index contributed by atoms with van der Waals surface area (Å²) in [4.78, 5) is 14.6. The maximum absolute atomic E-state index is 14.1. The maximum atomic E-state index is 14.1. The number of anilines is 1. The number of imidazole rings is 1. The zero-order chi connectivity index (χ0) is 29.3. The van der Waals surface area contributed by atoms with Crippen LogP contribution in [0.3, 0.4) is 0 Å². The molecule has 3 aliphatic rings. The summed E-state index contributed by atoms with van der Waals surface area (Å²) in [7, 11) is 0. The Balaban J connectivity index is 1.24. The SMILES string of the molecule is Cc1nc2c(N3C[C@@H](C)N([C@H](c4ccc(Cl)c(Cl)c4)C4CC(F)(F)C4)C[C@@H]3C)nc3nncn3c2n1C[C@@H]1CCCO1. The zero-order valence-electron chi connectivity index (χ0n) is 23.9. The summed E-state index contributed by atoms with van der Waals surface area (Å²) in [6, 6.07) is 5.39.